The normalized spacial score (nSPS) is 17.3. The molecule has 0 aromatic heterocycles. The van der Waals surface area contributed by atoms with Crippen LogP contribution in [-0.4, -0.2) is 40.4 Å². The van der Waals surface area contributed by atoms with E-state index < -0.39 is 10.4 Å². The average Bonchev–Trinajstić information content (AvgIpc) is 3.72. The van der Waals surface area contributed by atoms with Gasteiger partial charge in [-0.25, -0.2) is 20.0 Å². The Morgan fingerprint density at radius 1 is 0.548 bits per heavy atom. The minimum absolute atomic E-state index is 0. The smallest absolute Gasteiger partial charge is 0.343 e. The maximum atomic E-state index is 8.74. The molecule has 8 nitrogen and oxygen atoms in total. The Morgan fingerprint density at radius 3 is 1.07 bits per heavy atom. The molecule has 0 saturated heterocycles. The molecule has 0 atom stereocenters. The van der Waals surface area contributed by atoms with E-state index in [-0.39, 0.29) is 29.6 Å². The Labute approximate surface area is 272 Å². The number of fused-ring (bicyclic) bond motifs is 4. The molecule has 5 rings (SSSR count). The van der Waals surface area contributed by atoms with Crippen LogP contribution in [0.2, 0.25) is 0 Å². The van der Waals surface area contributed by atoms with Gasteiger partial charge < -0.3 is 6.92 Å². The van der Waals surface area contributed by atoms with Crippen LogP contribution in [-0.2, 0) is 10.4 Å². The number of hydrogen-bond acceptors (Lipinski definition) is 6. The minimum atomic E-state index is -4.67. The molecule has 0 aromatic rings. The molecule has 0 radical (unpaired) electrons. The maximum Gasteiger partial charge on any atom is 1.00 e. The molecule has 0 aliphatic carbocycles. The number of nitrogens with zero attached hydrogens (tertiary/aromatic N) is 4. The van der Waals surface area contributed by atoms with E-state index in [0.717, 1.165) is 52.1 Å². The number of aliphatic imine (C=N–C) groups is 4. The second-order valence-corrected chi connectivity index (χ2v) is 10.8. The summed E-state index contributed by atoms with van der Waals surface area (Å²) < 4.78 is 31.6. The molecule has 0 fully saturated rings. The van der Waals surface area contributed by atoms with E-state index in [1.807, 2.05) is 72.9 Å². The molecule has 5 aliphatic rings. The van der Waals surface area contributed by atoms with Crippen LogP contribution in [0.25, 0.3) is 0 Å². The Hall–Kier alpha value is -2.53. The first-order valence-corrected chi connectivity index (χ1v) is 15.5. The molecule has 10 heteroatoms. The summed E-state index contributed by atoms with van der Waals surface area (Å²) in [4.78, 5) is 18.4. The Kier molecular flexibility index (Phi) is 16.0. The molecule has 218 valence electrons. The zero-order chi connectivity index (χ0) is 29.5. The van der Waals surface area contributed by atoms with Gasteiger partial charge in [-0.2, -0.15) is 14.8 Å². The second kappa shape index (κ2) is 18.9. The monoisotopic (exact) mass is 598 g/mol. The van der Waals surface area contributed by atoms with Gasteiger partial charge in [0, 0.05) is 0 Å². The Bertz CT molecular complexity index is 1230. The number of allylic oxidation sites excluding steroid dienone is 12. The molecule has 0 amide bonds. The van der Waals surface area contributed by atoms with Crippen molar-refractivity contribution in [3.63, 3.8) is 0 Å². The van der Waals surface area contributed by atoms with Crippen molar-refractivity contribution in [2.75, 3.05) is 0 Å². The Balaban J connectivity index is 0.000000291. The summed E-state index contributed by atoms with van der Waals surface area (Å²) in [5, 5.41) is 0. The van der Waals surface area contributed by atoms with Crippen molar-refractivity contribution >= 4 is 33.2 Å². The molecule has 8 bridgehead atoms. The molecule has 2 N–H and O–H groups in total. The maximum absolute atomic E-state index is 8.74. The van der Waals surface area contributed by atoms with E-state index in [1.54, 1.807) is 0 Å². The SMILES string of the molecule is C1=CC2=NC1=CC1=NC(=CC3=NC(=CC4=NC(=C2)C=C4)C=C3)C=C1.O=S(=O)(O)O.[CH2-]CCCCCCCCCCC.[Na+]. The van der Waals surface area contributed by atoms with Crippen LogP contribution >= 0.6 is 0 Å². The van der Waals surface area contributed by atoms with Gasteiger partial charge in [-0.1, -0.05) is 64.7 Å². The molecular formula is C32H39N4NaO4S. The largest absolute Gasteiger partial charge is 1.00 e. The molecule has 0 aromatic carbocycles. The van der Waals surface area contributed by atoms with Gasteiger partial charge in [0.15, 0.2) is 0 Å². The average molecular weight is 599 g/mol. The van der Waals surface area contributed by atoms with Crippen LogP contribution in [0.4, 0.5) is 0 Å². The van der Waals surface area contributed by atoms with Crippen LogP contribution in [0.15, 0.2) is 116 Å². The van der Waals surface area contributed by atoms with Crippen molar-refractivity contribution in [1.29, 1.82) is 0 Å². The van der Waals surface area contributed by atoms with Gasteiger partial charge >= 0.3 is 40.0 Å². The van der Waals surface area contributed by atoms with Crippen LogP contribution in [0.1, 0.15) is 71.1 Å². The molecule has 42 heavy (non-hydrogen) atoms. The summed E-state index contributed by atoms with van der Waals surface area (Å²) in [6.45, 7) is 6.12. The van der Waals surface area contributed by atoms with E-state index in [0.29, 0.717) is 0 Å². The zero-order valence-corrected chi connectivity index (χ0v) is 27.4. The first kappa shape index (κ1) is 35.7. The Morgan fingerprint density at radius 2 is 0.810 bits per heavy atom. The minimum Gasteiger partial charge on any atom is -0.343 e. The van der Waals surface area contributed by atoms with Crippen molar-refractivity contribution in [1.82, 2.24) is 0 Å². The fourth-order valence-electron chi connectivity index (χ4n) is 4.31. The standard InChI is InChI=1S/C20H12N4.C12H25.Na.H2O4S/c1-2-14-10-16-5-6-18(23-16)12-20-8-7-19(24-20)11-17-4-3-15(22-17)9-13(1)21-14;1-3-5-7-9-11-12-10-8-6-4-2;;1-5(2,3)4/h1-12H;1,3-12H2,2H3;;(H2,1,2,3,4)/q;-1;+1;. The van der Waals surface area contributed by atoms with Crippen LogP contribution in [0.3, 0.4) is 0 Å². The van der Waals surface area contributed by atoms with Crippen molar-refractivity contribution in [3.05, 3.63) is 103 Å². The second-order valence-electron chi connectivity index (χ2n) is 9.89. The molecule has 5 aliphatic heterocycles. The summed E-state index contributed by atoms with van der Waals surface area (Å²) in [6.07, 6.45) is 37.7. The molecule has 0 spiro atoms. The predicted molar refractivity (Wildman–Crippen MR) is 170 cm³/mol. The van der Waals surface area contributed by atoms with Gasteiger partial charge in [-0.3, -0.25) is 9.11 Å². The molecular weight excluding hydrogens is 559 g/mol. The topological polar surface area (TPSA) is 124 Å². The summed E-state index contributed by atoms with van der Waals surface area (Å²) in [6, 6.07) is 0. The first-order valence-electron chi connectivity index (χ1n) is 14.1. The van der Waals surface area contributed by atoms with E-state index in [2.05, 4.69) is 33.8 Å². The van der Waals surface area contributed by atoms with Crippen LogP contribution < -0.4 is 29.6 Å². The molecule has 0 saturated carbocycles. The van der Waals surface area contributed by atoms with E-state index in [4.69, 9.17) is 17.5 Å². The third-order valence-corrected chi connectivity index (χ3v) is 6.27. The van der Waals surface area contributed by atoms with E-state index in [1.165, 1.54) is 57.8 Å². The fourth-order valence-corrected chi connectivity index (χ4v) is 4.31. The predicted octanol–water partition coefficient (Wildman–Crippen LogP) is 4.67. The van der Waals surface area contributed by atoms with Gasteiger partial charge in [-0.15, -0.1) is 0 Å². The molecule has 5 heterocycles. The zero-order valence-electron chi connectivity index (χ0n) is 24.6. The van der Waals surface area contributed by atoms with Gasteiger partial charge in [0.1, 0.15) is 0 Å². The third-order valence-electron chi connectivity index (χ3n) is 6.27. The summed E-state index contributed by atoms with van der Waals surface area (Å²) >= 11 is 0. The van der Waals surface area contributed by atoms with Gasteiger partial charge in [-0.05, 0) is 72.9 Å². The van der Waals surface area contributed by atoms with Gasteiger partial charge in [0.2, 0.25) is 0 Å². The number of rotatable bonds is 9. The van der Waals surface area contributed by atoms with Gasteiger partial charge in [0.25, 0.3) is 0 Å². The van der Waals surface area contributed by atoms with E-state index in [9.17, 15) is 0 Å². The summed E-state index contributed by atoms with van der Waals surface area (Å²) in [5.74, 6) is 0. The fraction of sp³-hybridized carbons (Fsp3) is 0.344. The van der Waals surface area contributed by atoms with Crippen LogP contribution in [0.5, 0.6) is 0 Å². The summed E-state index contributed by atoms with van der Waals surface area (Å²) in [5.41, 5.74) is 7.15. The van der Waals surface area contributed by atoms with Crippen molar-refractivity contribution in [2.45, 2.75) is 71.1 Å². The van der Waals surface area contributed by atoms with Crippen molar-refractivity contribution in [2.24, 2.45) is 20.0 Å². The number of hydrogen-bond donors (Lipinski definition) is 2. The van der Waals surface area contributed by atoms with Crippen LogP contribution in [0, 0.1) is 6.92 Å². The van der Waals surface area contributed by atoms with E-state index >= 15 is 0 Å². The van der Waals surface area contributed by atoms with Gasteiger partial charge in [0.05, 0.1) is 45.6 Å². The quantitative estimate of drug-likeness (QED) is 0.173. The van der Waals surface area contributed by atoms with Crippen molar-refractivity contribution in [3.8, 4) is 0 Å². The molecule has 0 unspecified atom stereocenters. The van der Waals surface area contributed by atoms with Crippen molar-refractivity contribution < 1.29 is 47.1 Å². The third kappa shape index (κ3) is 14.6. The number of unbranched alkanes of at least 4 members (excludes halogenated alkanes) is 9. The summed E-state index contributed by atoms with van der Waals surface area (Å²) in [7, 11) is -4.67. The first-order chi connectivity index (χ1) is 19.7.